The van der Waals surface area contributed by atoms with Crippen LogP contribution in [0.4, 0.5) is 0 Å². The molecule has 0 atom stereocenters. The van der Waals surface area contributed by atoms with Crippen LogP contribution in [0, 0.1) is 0 Å². The van der Waals surface area contributed by atoms with Crippen molar-refractivity contribution in [3.05, 3.63) is 0 Å². The van der Waals surface area contributed by atoms with E-state index in [9.17, 15) is 0 Å². The minimum Gasteiger partial charge on any atom is -0.398 e. The summed E-state index contributed by atoms with van der Waals surface area (Å²) < 4.78 is 10.6. The van der Waals surface area contributed by atoms with E-state index in [0.29, 0.717) is 6.79 Å². The molecule has 3 heteroatoms. The molecule has 0 saturated heterocycles. The Morgan fingerprint density at radius 1 is 1.10 bits per heavy atom. The zero-order valence-electron chi connectivity index (χ0n) is 7.22. The molecular formula is C7H18O2Si. The molecule has 10 heavy (non-hydrogen) atoms. The minimum absolute atomic E-state index is 0.509. The third kappa shape index (κ3) is 4.96. The van der Waals surface area contributed by atoms with Crippen LogP contribution in [0.2, 0.25) is 12.1 Å². The molecule has 0 rings (SSSR count). The predicted molar refractivity (Wildman–Crippen MR) is 45.7 cm³/mol. The van der Waals surface area contributed by atoms with E-state index in [-0.39, 0.29) is 0 Å². The Labute approximate surface area is 65.3 Å². The van der Waals surface area contributed by atoms with Crippen molar-refractivity contribution in [2.45, 2.75) is 32.9 Å². The molecular weight excluding hydrogens is 144 g/mol. The highest BCUT2D eigenvalue weighted by Crippen LogP contribution is 1.99. The van der Waals surface area contributed by atoms with Gasteiger partial charge in [0.25, 0.3) is 0 Å². The SMILES string of the molecule is CCOCO[SiH](CC)CC. The van der Waals surface area contributed by atoms with Gasteiger partial charge in [0.1, 0.15) is 6.79 Å². The number of ether oxygens (including phenoxy) is 1. The first-order chi connectivity index (χ1) is 4.85. The molecule has 0 amide bonds. The van der Waals surface area contributed by atoms with Crippen LogP contribution < -0.4 is 0 Å². The first kappa shape index (κ1) is 10.1. The summed E-state index contributed by atoms with van der Waals surface area (Å²) in [7, 11) is -0.849. The van der Waals surface area contributed by atoms with E-state index in [0.717, 1.165) is 6.61 Å². The summed E-state index contributed by atoms with van der Waals surface area (Å²) in [4.78, 5) is 0. The summed E-state index contributed by atoms with van der Waals surface area (Å²) in [5, 5.41) is 0. The fourth-order valence-corrected chi connectivity index (χ4v) is 2.09. The standard InChI is InChI=1S/C7H18O2Si/c1-4-8-7-9-10(5-2)6-3/h10H,4-7H2,1-3H3. The fourth-order valence-electron chi connectivity index (χ4n) is 0.752. The quantitative estimate of drug-likeness (QED) is 0.336. The molecule has 0 unspecified atom stereocenters. The maximum Gasteiger partial charge on any atom is 0.179 e. The molecule has 2 nitrogen and oxygen atoms in total. The van der Waals surface area contributed by atoms with Crippen molar-refractivity contribution in [2.24, 2.45) is 0 Å². The van der Waals surface area contributed by atoms with Crippen LogP contribution in [-0.4, -0.2) is 22.4 Å². The van der Waals surface area contributed by atoms with Crippen LogP contribution in [0.15, 0.2) is 0 Å². The van der Waals surface area contributed by atoms with E-state index in [1.807, 2.05) is 6.92 Å². The van der Waals surface area contributed by atoms with Crippen molar-refractivity contribution < 1.29 is 9.16 Å². The van der Waals surface area contributed by atoms with Crippen molar-refractivity contribution >= 4 is 9.04 Å². The van der Waals surface area contributed by atoms with Gasteiger partial charge in [-0.25, -0.2) is 0 Å². The zero-order chi connectivity index (χ0) is 7.82. The van der Waals surface area contributed by atoms with Gasteiger partial charge in [-0.2, -0.15) is 0 Å². The van der Waals surface area contributed by atoms with E-state index in [1.54, 1.807) is 0 Å². The topological polar surface area (TPSA) is 18.5 Å². The monoisotopic (exact) mass is 162 g/mol. The second-order valence-corrected chi connectivity index (χ2v) is 5.43. The Balaban J connectivity index is 3.09. The Hall–Kier alpha value is 0.137. The molecule has 0 aliphatic rings. The first-order valence-electron chi connectivity index (χ1n) is 4.04. The lowest BCUT2D eigenvalue weighted by Gasteiger charge is -2.11. The number of hydrogen-bond donors (Lipinski definition) is 0. The summed E-state index contributed by atoms with van der Waals surface area (Å²) in [6, 6.07) is 2.42. The maximum absolute atomic E-state index is 5.50. The third-order valence-electron chi connectivity index (χ3n) is 1.50. The van der Waals surface area contributed by atoms with Gasteiger partial charge in [-0.1, -0.05) is 13.8 Å². The van der Waals surface area contributed by atoms with Gasteiger partial charge in [0.15, 0.2) is 9.04 Å². The molecule has 0 saturated carbocycles. The second-order valence-electron chi connectivity index (χ2n) is 2.22. The van der Waals surface area contributed by atoms with Crippen LogP contribution in [-0.2, 0) is 9.16 Å². The van der Waals surface area contributed by atoms with Gasteiger partial charge in [0.2, 0.25) is 0 Å². The van der Waals surface area contributed by atoms with Crippen molar-refractivity contribution in [1.82, 2.24) is 0 Å². The molecule has 62 valence electrons. The van der Waals surface area contributed by atoms with Gasteiger partial charge in [0.05, 0.1) is 0 Å². The van der Waals surface area contributed by atoms with Gasteiger partial charge in [-0.15, -0.1) is 0 Å². The van der Waals surface area contributed by atoms with E-state index in [4.69, 9.17) is 9.16 Å². The number of rotatable bonds is 6. The Morgan fingerprint density at radius 3 is 2.10 bits per heavy atom. The highest BCUT2D eigenvalue weighted by molar-refractivity contribution is 6.51. The highest BCUT2D eigenvalue weighted by Gasteiger charge is 2.04. The van der Waals surface area contributed by atoms with Crippen LogP contribution >= 0.6 is 0 Å². The lowest BCUT2D eigenvalue weighted by atomic mass is 10.9. The summed E-state index contributed by atoms with van der Waals surface area (Å²) in [6.07, 6.45) is 0. The van der Waals surface area contributed by atoms with Gasteiger partial charge in [-0.05, 0) is 19.0 Å². The van der Waals surface area contributed by atoms with Gasteiger partial charge >= 0.3 is 0 Å². The molecule has 0 N–H and O–H groups in total. The average molecular weight is 162 g/mol. The fraction of sp³-hybridized carbons (Fsp3) is 1.00. The summed E-state index contributed by atoms with van der Waals surface area (Å²) in [5.74, 6) is 0. The normalized spacial score (nSPS) is 10.8. The van der Waals surface area contributed by atoms with Crippen LogP contribution in [0.1, 0.15) is 20.8 Å². The molecule has 0 aromatic heterocycles. The van der Waals surface area contributed by atoms with E-state index >= 15 is 0 Å². The molecule has 0 spiro atoms. The molecule has 0 aliphatic heterocycles. The van der Waals surface area contributed by atoms with Crippen LogP contribution in [0.25, 0.3) is 0 Å². The molecule has 0 aliphatic carbocycles. The summed E-state index contributed by atoms with van der Waals surface area (Å²) in [6.45, 7) is 7.63. The Kier molecular flexibility index (Phi) is 7.35. The molecule has 0 aromatic carbocycles. The van der Waals surface area contributed by atoms with Crippen molar-refractivity contribution in [2.75, 3.05) is 13.4 Å². The largest absolute Gasteiger partial charge is 0.398 e. The first-order valence-corrected chi connectivity index (χ1v) is 6.14. The smallest absolute Gasteiger partial charge is 0.179 e. The number of hydrogen-bond acceptors (Lipinski definition) is 2. The minimum atomic E-state index is -0.849. The average Bonchev–Trinajstić information content (AvgIpc) is 1.99. The third-order valence-corrected chi connectivity index (χ3v) is 3.93. The molecule has 0 radical (unpaired) electrons. The van der Waals surface area contributed by atoms with E-state index in [2.05, 4.69) is 13.8 Å². The molecule has 0 aromatic rings. The second kappa shape index (κ2) is 7.25. The lowest BCUT2D eigenvalue weighted by Crippen LogP contribution is -2.17. The summed E-state index contributed by atoms with van der Waals surface area (Å²) in [5.41, 5.74) is 0. The summed E-state index contributed by atoms with van der Waals surface area (Å²) >= 11 is 0. The Morgan fingerprint density at radius 2 is 1.70 bits per heavy atom. The van der Waals surface area contributed by atoms with Crippen molar-refractivity contribution in [1.29, 1.82) is 0 Å². The molecule has 0 bridgehead atoms. The van der Waals surface area contributed by atoms with Gasteiger partial charge < -0.3 is 9.16 Å². The highest BCUT2D eigenvalue weighted by atomic mass is 28.3. The van der Waals surface area contributed by atoms with E-state index in [1.165, 1.54) is 12.1 Å². The maximum atomic E-state index is 5.50. The van der Waals surface area contributed by atoms with Crippen LogP contribution in [0.3, 0.4) is 0 Å². The van der Waals surface area contributed by atoms with Gasteiger partial charge in [0, 0.05) is 6.61 Å². The van der Waals surface area contributed by atoms with Crippen molar-refractivity contribution in [3.8, 4) is 0 Å². The van der Waals surface area contributed by atoms with Crippen molar-refractivity contribution in [3.63, 3.8) is 0 Å². The molecule has 0 heterocycles. The van der Waals surface area contributed by atoms with Gasteiger partial charge in [-0.3, -0.25) is 0 Å². The predicted octanol–water partition coefficient (Wildman–Crippen LogP) is 1.76. The Bertz CT molecular complexity index is 64.6. The lowest BCUT2D eigenvalue weighted by molar-refractivity contribution is 0.0201. The van der Waals surface area contributed by atoms with Crippen LogP contribution in [0.5, 0.6) is 0 Å². The van der Waals surface area contributed by atoms with E-state index < -0.39 is 9.04 Å². The molecule has 0 fully saturated rings. The zero-order valence-corrected chi connectivity index (χ0v) is 8.38.